The van der Waals surface area contributed by atoms with Gasteiger partial charge in [0.25, 0.3) is 0 Å². The summed E-state index contributed by atoms with van der Waals surface area (Å²) in [7, 11) is 0. The Balaban J connectivity index is 2.86. The molecule has 5 nitrogen and oxygen atoms in total. The number of carboxylic acids is 1. The van der Waals surface area contributed by atoms with Gasteiger partial charge >= 0.3 is 12.0 Å². The van der Waals surface area contributed by atoms with Crippen LogP contribution in [0.5, 0.6) is 0 Å². The van der Waals surface area contributed by atoms with Crippen molar-refractivity contribution in [3.63, 3.8) is 0 Å². The van der Waals surface area contributed by atoms with E-state index in [0.717, 1.165) is 0 Å². The first-order valence-electron chi connectivity index (χ1n) is 5.00. The van der Waals surface area contributed by atoms with Crippen molar-refractivity contribution < 1.29 is 14.7 Å². The number of carboxylic acid groups (broad SMARTS) is 1. The molecule has 0 saturated heterocycles. The molecule has 1 aromatic rings. The van der Waals surface area contributed by atoms with Crippen molar-refractivity contribution in [2.75, 3.05) is 5.32 Å². The fourth-order valence-electron chi connectivity index (χ4n) is 1.17. The summed E-state index contributed by atoms with van der Waals surface area (Å²) in [6.45, 7) is 3.63. The van der Waals surface area contributed by atoms with E-state index in [2.05, 4.69) is 10.6 Å². The molecule has 0 aliphatic rings. The number of carbonyl (C=O) groups excluding carboxylic acids is 1. The molecule has 0 spiro atoms. The molecule has 0 aliphatic heterocycles. The van der Waals surface area contributed by atoms with Gasteiger partial charge in [-0.25, -0.2) is 9.59 Å². The van der Waals surface area contributed by atoms with Crippen LogP contribution < -0.4 is 10.6 Å². The van der Waals surface area contributed by atoms with E-state index in [-0.39, 0.29) is 22.3 Å². The van der Waals surface area contributed by atoms with E-state index in [0.29, 0.717) is 0 Å². The maximum absolute atomic E-state index is 11.4. The fourth-order valence-corrected chi connectivity index (χ4v) is 1.34. The van der Waals surface area contributed by atoms with Gasteiger partial charge < -0.3 is 15.7 Å². The molecule has 0 unspecified atom stereocenters. The Bertz CT molecular complexity index is 446. The number of nitrogens with one attached hydrogen (secondary N) is 2. The summed E-state index contributed by atoms with van der Waals surface area (Å²) < 4.78 is 0. The molecule has 1 aromatic carbocycles. The number of hydrogen-bond acceptors (Lipinski definition) is 2. The first-order chi connectivity index (χ1) is 7.90. The van der Waals surface area contributed by atoms with Crippen LogP contribution >= 0.6 is 11.6 Å². The third kappa shape index (κ3) is 3.96. The third-order valence-electron chi connectivity index (χ3n) is 1.88. The maximum Gasteiger partial charge on any atom is 0.335 e. The lowest BCUT2D eigenvalue weighted by Crippen LogP contribution is -2.34. The number of aromatic carboxylic acids is 1. The van der Waals surface area contributed by atoms with Gasteiger partial charge in [-0.3, -0.25) is 0 Å². The minimum absolute atomic E-state index is 0.0172. The number of rotatable bonds is 3. The van der Waals surface area contributed by atoms with Crippen molar-refractivity contribution in [2.24, 2.45) is 0 Å². The lowest BCUT2D eigenvalue weighted by molar-refractivity contribution is 0.0697. The Morgan fingerprint density at radius 2 is 2.00 bits per heavy atom. The van der Waals surface area contributed by atoms with E-state index in [1.165, 1.54) is 18.2 Å². The molecule has 1 rings (SSSR count). The zero-order chi connectivity index (χ0) is 13.0. The molecule has 0 bridgehead atoms. The SMILES string of the molecule is CC(C)NC(=O)Nc1cc(C(=O)O)ccc1Cl. The van der Waals surface area contributed by atoms with Crippen molar-refractivity contribution in [3.8, 4) is 0 Å². The second-order valence-corrected chi connectivity index (χ2v) is 4.16. The number of hydrogen-bond donors (Lipinski definition) is 3. The first kappa shape index (κ1) is 13.3. The van der Waals surface area contributed by atoms with Crippen molar-refractivity contribution in [2.45, 2.75) is 19.9 Å². The van der Waals surface area contributed by atoms with Gasteiger partial charge in [0, 0.05) is 6.04 Å². The number of urea groups is 1. The lowest BCUT2D eigenvalue weighted by Gasteiger charge is -2.11. The minimum Gasteiger partial charge on any atom is -0.478 e. The summed E-state index contributed by atoms with van der Waals surface area (Å²) in [5.41, 5.74) is 0.332. The lowest BCUT2D eigenvalue weighted by atomic mass is 10.2. The van der Waals surface area contributed by atoms with Crippen LogP contribution in [0, 0.1) is 0 Å². The number of carbonyl (C=O) groups is 2. The number of anilines is 1. The normalized spacial score (nSPS) is 10.1. The molecule has 6 heteroatoms. The summed E-state index contributed by atoms with van der Waals surface area (Å²) >= 11 is 5.85. The van der Waals surface area contributed by atoms with Crippen LogP contribution in [-0.4, -0.2) is 23.1 Å². The molecule has 0 aliphatic carbocycles. The molecule has 0 atom stereocenters. The zero-order valence-electron chi connectivity index (χ0n) is 9.45. The highest BCUT2D eigenvalue weighted by molar-refractivity contribution is 6.33. The Kier molecular flexibility index (Phi) is 4.34. The highest BCUT2D eigenvalue weighted by atomic mass is 35.5. The molecular weight excluding hydrogens is 244 g/mol. The van der Waals surface area contributed by atoms with Gasteiger partial charge in [-0.05, 0) is 32.0 Å². The van der Waals surface area contributed by atoms with E-state index in [9.17, 15) is 9.59 Å². The molecule has 92 valence electrons. The largest absolute Gasteiger partial charge is 0.478 e. The third-order valence-corrected chi connectivity index (χ3v) is 2.21. The average Bonchev–Trinajstić information content (AvgIpc) is 2.19. The molecule has 0 radical (unpaired) electrons. The van der Waals surface area contributed by atoms with Gasteiger partial charge in [-0.1, -0.05) is 11.6 Å². The van der Waals surface area contributed by atoms with Gasteiger partial charge in [-0.15, -0.1) is 0 Å². The van der Waals surface area contributed by atoms with Crippen LogP contribution in [0.15, 0.2) is 18.2 Å². The molecular formula is C11H13ClN2O3. The van der Waals surface area contributed by atoms with Gasteiger partial charge in [0.2, 0.25) is 0 Å². The predicted octanol–water partition coefficient (Wildman–Crippen LogP) is 2.57. The highest BCUT2D eigenvalue weighted by Crippen LogP contribution is 2.22. The molecule has 17 heavy (non-hydrogen) atoms. The quantitative estimate of drug-likeness (QED) is 0.778. The smallest absolute Gasteiger partial charge is 0.335 e. The van der Waals surface area contributed by atoms with Crippen LogP contribution in [0.2, 0.25) is 5.02 Å². The summed E-state index contributed by atoms with van der Waals surface area (Å²) in [5.74, 6) is -1.08. The average molecular weight is 257 g/mol. The molecule has 0 heterocycles. The highest BCUT2D eigenvalue weighted by Gasteiger charge is 2.10. The zero-order valence-corrected chi connectivity index (χ0v) is 10.2. The van der Waals surface area contributed by atoms with Gasteiger partial charge in [0.1, 0.15) is 0 Å². The summed E-state index contributed by atoms with van der Waals surface area (Å²) in [6, 6.07) is 3.66. The monoisotopic (exact) mass is 256 g/mol. The maximum atomic E-state index is 11.4. The second kappa shape index (κ2) is 5.54. The Labute approximate surface area is 104 Å². The Morgan fingerprint density at radius 1 is 1.35 bits per heavy atom. The number of amides is 2. The second-order valence-electron chi connectivity index (χ2n) is 3.75. The topological polar surface area (TPSA) is 78.4 Å². The fraction of sp³-hybridized carbons (Fsp3) is 0.273. The van der Waals surface area contributed by atoms with Crippen LogP contribution in [0.3, 0.4) is 0 Å². The molecule has 3 N–H and O–H groups in total. The van der Waals surface area contributed by atoms with E-state index < -0.39 is 12.0 Å². The van der Waals surface area contributed by atoms with E-state index >= 15 is 0 Å². The van der Waals surface area contributed by atoms with E-state index in [4.69, 9.17) is 16.7 Å². The molecule has 0 aromatic heterocycles. The Morgan fingerprint density at radius 3 is 2.53 bits per heavy atom. The molecule has 0 fully saturated rings. The summed E-state index contributed by atoms with van der Waals surface area (Å²) in [6.07, 6.45) is 0. The van der Waals surface area contributed by atoms with Crippen LogP contribution in [-0.2, 0) is 0 Å². The van der Waals surface area contributed by atoms with Crippen molar-refractivity contribution in [1.29, 1.82) is 0 Å². The van der Waals surface area contributed by atoms with Gasteiger partial charge in [-0.2, -0.15) is 0 Å². The summed E-state index contributed by atoms with van der Waals surface area (Å²) in [4.78, 5) is 22.2. The van der Waals surface area contributed by atoms with Gasteiger partial charge in [0.05, 0.1) is 16.3 Å². The van der Waals surface area contributed by atoms with Crippen LogP contribution in [0.4, 0.5) is 10.5 Å². The first-order valence-corrected chi connectivity index (χ1v) is 5.38. The Hall–Kier alpha value is -1.75. The molecule has 2 amide bonds. The predicted molar refractivity (Wildman–Crippen MR) is 65.7 cm³/mol. The van der Waals surface area contributed by atoms with Crippen LogP contribution in [0.1, 0.15) is 24.2 Å². The van der Waals surface area contributed by atoms with Gasteiger partial charge in [0.15, 0.2) is 0 Å². The van der Waals surface area contributed by atoms with Crippen LogP contribution in [0.25, 0.3) is 0 Å². The molecule has 0 saturated carbocycles. The number of benzene rings is 1. The minimum atomic E-state index is -1.08. The number of halogens is 1. The van der Waals surface area contributed by atoms with Crippen molar-refractivity contribution in [1.82, 2.24) is 5.32 Å². The standard InChI is InChI=1S/C11H13ClN2O3/c1-6(2)13-11(17)14-9-5-7(10(15)16)3-4-8(9)12/h3-6H,1-2H3,(H,15,16)(H2,13,14,17). The van der Waals surface area contributed by atoms with E-state index in [1.54, 1.807) is 0 Å². The summed E-state index contributed by atoms with van der Waals surface area (Å²) in [5, 5.41) is 14.2. The van der Waals surface area contributed by atoms with Crippen molar-refractivity contribution >= 4 is 29.3 Å². The van der Waals surface area contributed by atoms with Crippen molar-refractivity contribution in [3.05, 3.63) is 28.8 Å². The van der Waals surface area contributed by atoms with E-state index in [1.807, 2.05) is 13.8 Å².